The van der Waals surface area contributed by atoms with Gasteiger partial charge in [0, 0.05) is 14.2 Å². The Morgan fingerprint density at radius 2 is 1.79 bits per heavy atom. The van der Waals surface area contributed by atoms with Crippen molar-refractivity contribution in [3.05, 3.63) is 0 Å². The van der Waals surface area contributed by atoms with E-state index in [1.54, 1.807) is 0 Å². The van der Waals surface area contributed by atoms with Gasteiger partial charge >= 0.3 is 0 Å². The summed E-state index contributed by atoms with van der Waals surface area (Å²) >= 11 is 0. The molecule has 14 heavy (non-hydrogen) atoms. The molecule has 1 aliphatic rings. The highest BCUT2D eigenvalue weighted by Crippen LogP contribution is 2.21. The molecule has 0 unspecified atom stereocenters. The Balaban J connectivity index is 2.65. The fourth-order valence-corrected chi connectivity index (χ4v) is 1.50. The van der Waals surface area contributed by atoms with Gasteiger partial charge in [0.15, 0.2) is 6.29 Å². The Morgan fingerprint density at radius 3 is 2.29 bits per heavy atom. The number of aliphatic hydroxyl groups is 3. The van der Waals surface area contributed by atoms with Gasteiger partial charge in [0.1, 0.15) is 24.4 Å². The van der Waals surface area contributed by atoms with Crippen molar-refractivity contribution >= 4 is 0 Å². The molecule has 0 bridgehead atoms. The average molecular weight is 208 g/mol. The van der Waals surface area contributed by atoms with Gasteiger partial charge in [0.05, 0.1) is 6.61 Å². The van der Waals surface area contributed by atoms with Gasteiger partial charge in [-0.15, -0.1) is 0 Å². The zero-order chi connectivity index (χ0) is 10.7. The van der Waals surface area contributed by atoms with E-state index in [-0.39, 0.29) is 6.61 Å². The summed E-state index contributed by atoms with van der Waals surface area (Å²) < 4.78 is 14.6. The molecule has 0 aliphatic carbocycles. The van der Waals surface area contributed by atoms with Crippen LogP contribution in [0.2, 0.25) is 0 Å². The maximum atomic E-state index is 9.65. The lowest BCUT2D eigenvalue weighted by molar-refractivity contribution is -0.291. The third-order valence-corrected chi connectivity index (χ3v) is 2.26. The van der Waals surface area contributed by atoms with Crippen molar-refractivity contribution < 1.29 is 29.5 Å². The summed E-state index contributed by atoms with van der Waals surface area (Å²) in [6, 6.07) is 0. The van der Waals surface area contributed by atoms with Crippen molar-refractivity contribution in [1.82, 2.24) is 0 Å². The first-order valence-corrected chi connectivity index (χ1v) is 4.33. The van der Waals surface area contributed by atoms with E-state index in [1.165, 1.54) is 14.2 Å². The standard InChI is InChI=1S/C8H16O6/c1-12-3-4-5(9)7(13-2)6(10)8(11)14-4/h4-11H,3H2,1-2H3/t4-,5-,6-,7+,8+/m1/s1. The van der Waals surface area contributed by atoms with Gasteiger partial charge in [0.25, 0.3) is 0 Å². The van der Waals surface area contributed by atoms with E-state index in [0.29, 0.717) is 0 Å². The zero-order valence-corrected chi connectivity index (χ0v) is 8.16. The molecule has 6 nitrogen and oxygen atoms in total. The van der Waals surface area contributed by atoms with Crippen LogP contribution in [0.1, 0.15) is 0 Å². The van der Waals surface area contributed by atoms with Crippen LogP contribution >= 0.6 is 0 Å². The minimum atomic E-state index is -1.36. The van der Waals surface area contributed by atoms with Crippen LogP contribution in [-0.4, -0.2) is 66.9 Å². The Morgan fingerprint density at radius 1 is 1.14 bits per heavy atom. The van der Waals surface area contributed by atoms with E-state index in [0.717, 1.165) is 0 Å². The maximum Gasteiger partial charge on any atom is 0.184 e. The molecule has 0 amide bonds. The largest absolute Gasteiger partial charge is 0.387 e. The highest BCUT2D eigenvalue weighted by atomic mass is 16.7. The van der Waals surface area contributed by atoms with Gasteiger partial charge in [-0.1, -0.05) is 0 Å². The highest BCUT2D eigenvalue weighted by Gasteiger charge is 2.44. The van der Waals surface area contributed by atoms with Crippen LogP contribution in [-0.2, 0) is 14.2 Å². The van der Waals surface area contributed by atoms with Crippen molar-refractivity contribution in [3.8, 4) is 0 Å². The van der Waals surface area contributed by atoms with E-state index in [4.69, 9.17) is 14.2 Å². The summed E-state index contributed by atoms with van der Waals surface area (Å²) in [7, 11) is 2.80. The van der Waals surface area contributed by atoms with Crippen LogP contribution in [0.5, 0.6) is 0 Å². The smallest absolute Gasteiger partial charge is 0.184 e. The second-order valence-electron chi connectivity index (χ2n) is 3.20. The number of hydrogen-bond donors (Lipinski definition) is 3. The molecule has 0 aromatic heterocycles. The molecule has 1 fully saturated rings. The Labute approximate surface area is 82.0 Å². The lowest BCUT2D eigenvalue weighted by Crippen LogP contribution is -2.59. The van der Waals surface area contributed by atoms with Gasteiger partial charge < -0.3 is 29.5 Å². The number of aliphatic hydroxyl groups excluding tert-OH is 3. The SMILES string of the molecule is COC[C@H]1O[C@H](O)[C@H](O)[C@@H](OC)[C@@H]1O. The van der Waals surface area contributed by atoms with Crippen molar-refractivity contribution in [2.45, 2.75) is 30.7 Å². The summed E-state index contributed by atoms with van der Waals surface area (Å²) in [5.74, 6) is 0. The molecule has 1 saturated heterocycles. The normalized spacial score (nSPS) is 43.9. The Bertz CT molecular complexity index is 175. The number of ether oxygens (including phenoxy) is 3. The first-order chi connectivity index (χ1) is 6.61. The van der Waals surface area contributed by atoms with E-state index >= 15 is 0 Å². The molecule has 3 N–H and O–H groups in total. The fourth-order valence-electron chi connectivity index (χ4n) is 1.50. The number of rotatable bonds is 3. The molecular weight excluding hydrogens is 192 g/mol. The van der Waals surface area contributed by atoms with Crippen LogP contribution < -0.4 is 0 Å². The number of hydrogen-bond acceptors (Lipinski definition) is 6. The third kappa shape index (κ3) is 2.22. The topological polar surface area (TPSA) is 88.4 Å². The van der Waals surface area contributed by atoms with Gasteiger partial charge in [-0.2, -0.15) is 0 Å². The minimum Gasteiger partial charge on any atom is -0.387 e. The van der Waals surface area contributed by atoms with Gasteiger partial charge in [0.2, 0.25) is 0 Å². The molecular formula is C8H16O6. The second kappa shape index (κ2) is 5.01. The van der Waals surface area contributed by atoms with E-state index in [9.17, 15) is 15.3 Å². The van der Waals surface area contributed by atoms with Crippen LogP contribution in [0.15, 0.2) is 0 Å². The summed E-state index contributed by atoms with van der Waals surface area (Å²) in [6.07, 6.45) is -5.17. The third-order valence-electron chi connectivity index (χ3n) is 2.26. The molecule has 84 valence electrons. The molecule has 0 saturated carbocycles. The number of methoxy groups -OCH3 is 2. The molecule has 1 rings (SSSR count). The molecule has 0 aromatic rings. The molecule has 1 aliphatic heterocycles. The maximum absolute atomic E-state index is 9.65. The lowest BCUT2D eigenvalue weighted by atomic mass is 9.99. The van der Waals surface area contributed by atoms with Crippen molar-refractivity contribution in [3.63, 3.8) is 0 Å². The first-order valence-electron chi connectivity index (χ1n) is 4.33. The molecule has 6 heteroatoms. The van der Waals surface area contributed by atoms with Gasteiger partial charge in [-0.3, -0.25) is 0 Å². The predicted molar refractivity (Wildman–Crippen MR) is 45.6 cm³/mol. The summed E-state index contributed by atoms with van der Waals surface area (Å²) in [4.78, 5) is 0. The summed E-state index contributed by atoms with van der Waals surface area (Å²) in [5.41, 5.74) is 0. The van der Waals surface area contributed by atoms with Crippen LogP contribution in [0.3, 0.4) is 0 Å². The van der Waals surface area contributed by atoms with Crippen LogP contribution in [0.25, 0.3) is 0 Å². The van der Waals surface area contributed by atoms with E-state index in [1.807, 2.05) is 0 Å². The highest BCUT2D eigenvalue weighted by molar-refractivity contribution is 4.89. The van der Waals surface area contributed by atoms with Crippen molar-refractivity contribution in [1.29, 1.82) is 0 Å². The Hall–Kier alpha value is -0.240. The summed E-state index contributed by atoms with van der Waals surface area (Å²) in [6.45, 7) is 0.130. The fraction of sp³-hybridized carbons (Fsp3) is 1.00. The van der Waals surface area contributed by atoms with Gasteiger partial charge in [-0.05, 0) is 0 Å². The molecule has 1 heterocycles. The molecule has 0 spiro atoms. The van der Waals surface area contributed by atoms with Crippen LogP contribution in [0, 0.1) is 0 Å². The first kappa shape index (κ1) is 11.8. The lowest BCUT2D eigenvalue weighted by Gasteiger charge is -2.39. The van der Waals surface area contributed by atoms with E-state index in [2.05, 4.69) is 0 Å². The average Bonchev–Trinajstić information content (AvgIpc) is 2.16. The quantitative estimate of drug-likeness (QED) is 0.501. The van der Waals surface area contributed by atoms with E-state index < -0.39 is 30.7 Å². The van der Waals surface area contributed by atoms with Crippen molar-refractivity contribution in [2.24, 2.45) is 0 Å². The zero-order valence-electron chi connectivity index (χ0n) is 8.16. The Kier molecular flexibility index (Phi) is 4.24. The molecule has 5 atom stereocenters. The molecule has 0 radical (unpaired) electrons. The monoisotopic (exact) mass is 208 g/mol. The minimum absolute atomic E-state index is 0.130. The summed E-state index contributed by atoms with van der Waals surface area (Å²) in [5, 5.41) is 28.3. The van der Waals surface area contributed by atoms with Crippen molar-refractivity contribution in [2.75, 3.05) is 20.8 Å². The predicted octanol–water partition coefficient (Wildman–Crippen LogP) is -1.91. The second-order valence-corrected chi connectivity index (χ2v) is 3.20. The molecule has 0 aromatic carbocycles. The van der Waals surface area contributed by atoms with Gasteiger partial charge in [-0.25, -0.2) is 0 Å². The van der Waals surface area contributed by atoms with Crippen LogP contribution in [0.4, 0.5) is 0 Å².